The van der Waals surface area contributed by atoms with Gasteiger partial charge >= 0.3 is 0 Å². The van der Waals surface area contributed by atoms with Gasteiger partial charge in [-0.2, -0.15) is 0 Å². The zero-order valence-electron chi connectivity index (χ0n) is 24.9. The molecule has 0 bridgehead atoms. The Labute approximate surface area is 265 Å². The molecule has 0 radical (unpaired) electrons. The van der Waals surface area contributed by atoms with Crippen LogP contribution in [0.4, 0.5) is 0 Å². The Balaban J connectivity index is 1.35. The number of para-hydroxylation sites is 2. The zero-order chi connectivity index (χ0) is 29.9. The highest BCUT2D eigenvalue weighted by Crippen LogP contribution is 2.51. The Hall–Kier alpha value is -6.12. The summed E-state index contributed by atoms with van der Waals surface area (Å²) in [5.74, 6) is 0. The Morgan fingerprint density at radius 1 is 0.326 bits per heavy atom. The summed E-state index contributed by atoms with van der Waals surface area (Å²) in [6.07, 6.45) is 0. The monoisotopic (exact) mass is 582 g/mol. The first kappa shape index (κ1) is 24.2. The summed E-state index contributed by atoms with van der Waals surface area (Å²) in [5, 5.41) is 10.3. The summed E-state index contributed by atoms with van der Waals surface area (Å²) in [6, 6.07) is 58.1. The van der Waals surface area contributed by atoms with E-state index in [1.54, 1.807) is 0 Å². The van der Waals surface area contributed by atoms with Crippen LogP contribution in [-0.2, 0) is 0 Å². The van der Waals surface area contributed by atoms with Gasteiger partial charge in [-0.25, -0.2) is 0 Å². The van der Waals surface area contributed by atoms with Crippen molar-refractivity contribution in [2.75, 3.05) is 0 Å². The second-order valence-corrected chi connectivity index (χ2v) is 12.5. The highest BCUT2D eigenvalue weighted by atomic mass is 15.0. The number of fused-ring (bicyclic) bond motifs is 12. The van der Waals surface area contributed by atoms with E-state index in [2.05, 4.69) is 167 Å². The molecule has 2 nitrogen and oxygen atoms in total. The quantitative estimate of drug-likeness (QED) is 0.192. The third-order valence-electron chi connectivity index (χ3n) is 10.2. The van der Waals surface area contributed by atoms with Crippen LogP contribution in [0.5, 0.6) is 0 Å². The molecule has 0 aliphatic heterocycles. The molecule has 11 rings (SSSR count). The molecule has 212 valence electrons. The van der Waals surface area contributed by atoms with Crippen molar-refractivity contribution in [3.8, 4) is 33.6 Å². The minimum Gasteiger partial charge on any atom is -0.309 e. The van der Waals surface area contributed by atoms with Gasteiger partial charge in [0.05, 0.1) is 27.8 Å². The number of rotatable bonds is 2. The van der Waals surface area contributed by atoms with Crippen LogP contribution in [0.1, 0.15) is 0 Å². The van der Waals surface area contributed by atoms with Gasteiger partial charge in [0.1, 0.15) is 0 Å². The highest BCUT2D eigenvalue weighted by molar-refractivity contribution is 6.29. The van der Waals surface area contributed by atoms with Gasteiger partial charge in [0.25, 0.3) is 0 Å². The van der Waals surface area contributed by atoms with Crippen molar-refractivity contribution in [3.63, 3.8) is 0 Å². The van der Waals surface area contributed by atoms with Gasteiger partial charge in [0.15, 0.2) is 0 Å². The normalized spacial score (nSPS) is 12.3. The molecule has 0 saturated heterocycles. The van der Waals surface area contributed by atoms with Gasteiger partial charge in [0, 0.05) is 38.2 Å². The van der Waals surface area contributed by atoms with Crippen molar-refractivity contribution < 1.29 is 0 Å². The van der Waals surface area contributed by atoms with Crippen molar-refractivity contribution in [2.24, 2.45) is 0 Å². The molecule has 0 amide bonds. The first-order valence-corrected chi connectivity index (χ1v) is 16.0. The second-order valence-electron chi connectivity index (χ2n) is 12.5. The summed E-state index contributed by atoms with van der Waals surface area (Å²) < 4.78 is 5.02. The lowest BCUT2D eigenvalue weighted by atomic mass is 10.0. The molecule has 1 aliphatic carbocycles. The van der Waals surface area contributed by atoms with Crippen LogP contribution in [0.2, 0.25) is 0 Å². The van der Waals surface area contributed by atoms with E-state index in [1.165, 1.54) is 98.8 Å². The number of benzene rings is 8. The molecule has 0 atom stereocenters. The van der Waals surface area contributed by atoms with Crippen molar-refractivity contribution >= 4 is 65.2 Å². The molecular formula is C44H26N2. The van der Waals surface area contributed by atoms with E-state index in [0.717, 1.165) is 0 Å². The molecule has 0 unspecified atom stereocenters. The molecule has 0 fully saturated rings. The largest absolute Gasteiger partial charge is 0.309 e. The molecule has 10 aromatic rings. The smallest absolute Gasteiger partial charge is 0.0641 e. The summed E-state index contributed by atoms with van der Waals surface area (Å²) >= 11 is 0. The van der Waals surface area contributed by atoms with Crippen molar-refractivity contribution in [2.45, 2.75) is 0 Å². The molecule has 46 heavy (non-hydrogen) atoms. The summed E-state index contributed by atoms with van der Waals surface area (Å²) in [4.78, 5) is 0. The van der Waals surface area contributed by atoms with Crippen LogP contribution >= 0.6 is 0 Å². The van der Waals surface area contributed by atoms with Crippen LogP contribution in [0.15, 0.2) is 158 Å². The van der Waals surface area contributed by atoms with Crippen molar-refractivity contribution in [1.29, 1.82) is 0 Å². The van der Waals surface area contributed by atoms with Gasteiger partial charge in [-0.15, -0.1) is 0 Å². The third-order valence-corrected chi connectivity index (χ3v) is 10.2. The maximum absolute atomic E-state index is 2.51. The first-order valence-electron chi connectivity index (χ1n) is 16.0. The van der Waals surface area contributed by atoms with Gasteiger partial charge in [0.2, 0.25) is 0 Å². The Morgan fingerprint density at radius 3 is 1.89 bits per heavy atom. The lowest BCUT2D eigenvalue weighted by molar-refractivity contribution is 1.18. The predicted molar refractivity (Wildman–Crippen MR) is 195 cm³/mol. The van der Waals surface area contributed by atoms with Crippen molar-refractivity contribution in [1.82, 2.24) is 9.13 Å². The average Bonchev–Trinajstić information content (AvgIpc) is 3.76. The number of nitrogens with zero attached hydrogens (tertiary/aromatic N) is 2. The fraction of sp³-hybridized carbons (Fsp3) is 0. The van der Waals surface area contributed by atoms with Crippen LogP contribution in [-0.4, -0.2) is 9.13 Å². The molecule has 0 saturated carbocycles. The van der Waals surface area contributed by atoms with E-state index in [4.69, 9.17) is 0 Å². The zero-order valence-corrected chi connectivity index (χ0v) is 24.9. The molecule has 1 aliphatic rings. The van der Waals surface area contributed by atoms with Crippen molar-refractivity contribution in [3.05, 3.63) is 158 Å². The molecule has 0 N–H and O–H groups in total. The molecule has 0 spiro atoms. The van der Waals surface area contributed by atoms with Gasteiger partial charge in [-0.05, 0) is 63.2 Å². The molecule has 8 aromatic carbocycles. The maximum atomic E-state index is 2.51. The molecular weight excluding hydrogens is 556 g/mol. The second kappa shape index (κ2) is 8.74. The summed E-state index contributed by atoms with van der Waals surface area (Å²) in [5.41, 5.74) is 12.6. The fourth-order valence-corrected chi connectivity index (χ4v) is 8.42. The predicted octanol–water partition coefficient (Wildman–Crippen LogP) is 11.8. The van der Waals surface area contributed by atoms with E-state index in [0.29, 0.717) is 0 Å². The Morgan fingerprint density at radius 2 is 1.00 bits per heavy atom. The average molecular weight is 583 g/mol. The summed E-state index contributed by atoms with van der Waals surface area (Å²) in [6.45, 7) is 0. The van der Waals surface area contributed by atoms with Gasteiger partial charge in [-0.1, -0.05) is 127 Å². The van der Waals surface area contributed by atoms with E-state index in [1.807, 2.05) is 0 Å². The maximum Gasteiger partial charge on any atom is 0.0641 e. The molecule has 2 aromatic heterocycles. The van der Waals surface area contributed by atoms with Crippen LogP contribution in [0.3, 0.4) is 0 Å². The SMILES string of the molecule is c1ccc(-n2c3c4ccccc4ccc3c3ccc4c(c5ccccc5n4-c4cccc5c4-c4cccc6cccc-5c46)c32)cc1. The third kappa shape index (κ3) is 2.96. The Bertz CT molecular complexity index is 2900. The van der Waals surface area contributed by atoms with E-state index in [-0.39, 0.29) is 0 Å². The van der Waals surface area contributed by atoms with Crippen LogP contribution in [0.25, 0.3) is 98.8 Å². The summed E-state index contributed by atoms with van der Waals surface area (Å²) in [7, 11) is 0. The van der Waals surface area contributed by atoms with E-state index in [9.17, 15) is 0 Å². The fourth-order valence-electron chi connectivity index (χ4n) is 8.42. The van der Waals surface area contributed by atoms with Gasteiger partial charge in [-0.3, -0.25) is 0 Å². The highest BCUT2D eigenvalue weighted by Gasteiger charge is 2.27. The topological polar surface area (TPSA) is 9.86 Å². The Kier molecular flexibility index (Phi) is 4.61. The number of hydrogen-bond acceptors (Lipinski definition) is 0. The van der Waals surface area contributed by atoms with Crippen LogP contribution in [0, 0.1) is 0 Å². The lowest BCUT2D eigenvalue weighted by Gasteiger charge is -2.14. The standard InChI is InChI=1S/C44H26N2/c1-2-14-29(15-3-1)45-43-30-16-5-4-11-27(30)23-24-33(43)34-25-26-39-42(44(34)45)35-17-6-7-21-37(35)46(39)38-22-10-19-32-31-18-8-12-28-13-9-20-36(40(28)31)41(32)38/h1-26H. The molecule has 2 heteroatoms. The first-order chi connectivity index (χ1) is 22.9. The number of aromatic nitrogens is 2. The lowest BCUT2D eigenvalue weighted by Crippen LogP contribution is -1.97. The number of hydrogen-bond donors (Lipinski definition) is 0. The van der Waals surface area contributed by atoms with E-state index >= 15 is 0 Å². The minimum atomic E-state index is 1.17. The minimum absolute atomic E-state index is 1.17. The molecule has 2 heterocycles. The van der Waals surface area contributed by atoms with E-state index < -0.39 is 0 Å². The van der Waals surface area contributed by atoms with Crippen LogP contribution < -0.4 is 0 Å². The van der Waals surface area contributed by atoms with Gasteiger partial charge < -0.3 is 9.13 Å².